The van der Waals surface area contributed by atoms with E-state index in [4.69, 9.17) is 4.74 Å². The molecule has 4 nitrogen and oxygen atoms in total. The second-order valence-electron chi connectivity index (χ2n) is 4.23. The Labute approximate surface area is 119 Å². The number of hydrogen-bond donors (Lipinski definition) is 2. The highest BCUT2D eigenvalue weighted by Gasteiger charge is 2.08. The van der Waals surface area contributed by atoms with Gasteiger partial charge < -0.3 is 15.4 Å². The first kappa shape index (κ1) is 15.5. The molecule has 0 aliphatic carbocycles. The first-order chi connectivity index (χ1) is 8.79. The number of hydrogen-bond acceptors (Lipinski definition) is 3. The van der Waals surface area contributed by atoms with Gasteiger partial charge in [-0.2, -0.15) is 0 Å². The smallest absolute Gasteiger partial charge is 0.251 e. The van der Waals surface area contributed by atoms with Crippen molar-refractivity contribution in [2.75, 3.05) is 26.7 Å². The molecule has 19 heavy (non-hydrogen) atoms. The molecule has 0 bridgehead atoms. The van der Waals surface area contributed by atoms with Crippen molar-refractivity contribution < 1.29 is 9.53 Å². The Balaban J connectivity index is 0.00000180. The summed E-state index contributed by atoms with van der Waals surface area (Å²) in [4.78, 5) is 11.9. The third-order valence-corrected chi connectivity index (χ3v) is 2.97. The maximum Gasteiger partial charge on any atom is 0.251 e. The van der Waals surface area contributed by atoms with Gasteiger partial charge in [-0.1, -0.05) is 17.7 Å². The first-order valence-corrected chi connectivity index (χ1v) is 6.10. The molecule has 0 unspecified atom stereocenters. The summed E-state index contributed by atoms with van der Waals surface area (Å²) in [5.74, 6) is 0.636. The zero-order chi connectivity index (χ0) is 12.8. The Morgan fingerprint density at radius 3 is 3.00 bits per heavy atom. The summed E-state index contributed by atoms with van der Waals surface area (Å²) in [7, 11) is 1.59. The van der Waals surface area contributed by atoms with Crippen molar-refractivity contribution in [1.29, 1.82) is 0 Å². The normalized spacial score (nSPS) is 14.1. The summed E-state index contributed by atoms with van der Waals surface area (Å²) in [6.45, 7) is 2.50. The number of carbonyl (C=O) groups is 1. The van der Waals surface area contributed by atoms with Gasteiger partial charge in [-0.3, -0.25) is 4.79 Å². The van der Waals surface area contributed by atoms with Gasteiger partial charge in [0, 0.05) is 18.7 Å². The fraction of sp³-hybridized carbons (Fsp3) is 0.357. The van der Waals surface area contributed by atoms with Crippen molar-refractivity contribution >= 4 is 18.3 Å². The van der Waals surface area contributed by atoms with Gasteiger partial charge in [-0.15, -0.1) is 12.4 Å². The van der Waals surface area contributed by atoms with Gasteiger partial charge >= 0.3 is 0 Å². The Bertz CT molecular complexity index is 461. The molecule has 1 amide bonds. The Morgan fingerprint density at radius 1 is 1.47 bits per heavy atom. The number of methoxy groups -OCH3 is 1. The Kier molecular flexibility index (Phi) is 6.39. The van der Waals surface area contributed by atoms with Gasteiger partial charge in [0.15, 0.2) is 0 Å². The third-order valence-electron chi connectivity index (χ3n) is 2.97. The van der Waals surface area contributed by atoms with Crippen LogP contribution >= 0.6 is 12.4 Å². The van der Waals surface area contributed by atoms with Crippen molar-refractivity contribution in [2.24, 2.45) is 0 Å². The van der Waals surface area contributed by atoms with Crippen LogP contribution in [-0.2, 0) is 0 Å². The second kappa shape index (κ2) is 7.81. The molecule has 1 heterocycles. The lowest BCUT2D eigenvalue weighted by Gasteiger charge is -2.14. The van der Waals surface area contributed by atoms with Crippen molar-refractivity contribution in [3.8, 4) is 5.75 Å². The van der Waals surface area contributed by atoms with E-state index in [2.05, 4.69) is 16.7 Å². The highest BCUT2D eigenvalue weighted by atomic mass is 35.5. The largest absolute Gasteiger partial charge is 0.497 e. The quantitative estimate of drug-likeness (QED) is 0.828. The Morgan fingerprint density at radius 2 is 2.32 bits per heavy atom. The maximum absolute atomic E-state index is 11.9. The van der Waals surface area contributed by atoms with E-state index < -0.39 is 0 Å². The Hall–Kier alpha value is -1.52. The van der Waals surface area contributed by atoms with Crippen LogP contribution in [0.25, 0.3) is 0 Å². The van der Waals surface area contributed by atoms with Crippen LogP contribution < -0.4 is 15.4 Å². The predicted octanol–water partition coefficient (Wildman–Crippen LogP) is 1.77. The van der Waals surface area contributed by atoms with Gasteiger partial charge in [0.2, 0.25) is 0 Å². The van der Waals surface area contributed by atoms with Crippen LogP contribution in [0.4, 0.5) is 0 Å². The minimum absolute atomic E-state index is 0. The molecule has 1 aliphatic heterocycles. The van der Waals surface area contributed by atoms with Gasteiger partial charge in [-0.25, -0.2) is 0 Å². The minimum Gasteiger partial charge on any atom is -0.497 e. The van der Waals surface area contributed by atoms with Crippen LogP contribution in [-0.4, -0.2) is 32.7 Å². The molecule has 0 saturated heterocycles. The second-order valence-corrected chi connectivity index (χ2v) is 4.23. The highest BCUT2D eigenvalue weighted by Crippen LogP contribution is 2.12. The molecule has 0 radical (unpaired) electrons. The first-order valence-electron chi connectivity index (χ1n) is 6.10. The molecule has 104 valence electrons. The summed E-state index contributed by atoms with van der Waals surface area (Å²) in [6, 6.07) is 7.17. The molecule has 0 saturated carbocycles. The molecule has 0 spiro atoms. The topological polar surface area (TPSA) is 50.4 Å². The number of ether oxygens (including phenoxy) is 1. The zero-order valence-corrected chi connectivity index (χ0v) is 11.8. The number of amides is 1. The van der Waals surface area contributed by atoms with Crippen LogP contribution in [0.3, 0.4) is 0 Å². The molecule has 5 heteroatoms. The summed E-state index contributed by atoms with van der Waals surface area (Å²) in [5.41, 5.74) is 1.91. The van der Waals surface area contributed by atoms with Gasteiger partial charge in [-0.05, 0) is 31.2 Å². The molecular weight excluding hydrogens is 264 g/mol. The number of benzene rings is 1. The van der Waals surface area contributed by atoms with E-state index >= 15 is 0 Å². The summed E-state index contributed by atoms with van der Waals surface area (Å²) in [5, 5.41) is 6.17. The van der Waals surface area contributed by atoms with Crippen LogP contribution in [0.2, 0.25) is 0 Å². The van der Waals surface area contributed by atoms with Crippen LogP contribution in [0.5, 0.6) is 5.75 Å². The van der Waals surface area contributed by atoms with Crippen LogP contribution in [0, 0.1) is 0 Å². The fourth-order valence-electron chi connectivity index (χ4n) is 1.89. The molecule has 0 atom stereocenters. The molecule has 2 N–H and O–H groups in total. The maximum atomic E-state index is 11.9. The van der Waals surface area contributed by atoms with Gasteiger partial charge in [0.05, 0.1) is 7.11 Å². The van der Waals surface area contributed by atoms with Crippen molar-refractivity contribution in [3.05, 3.63) is 41.5 Å². The summed E-state index contributed by atoms with van der Waals surface area (Å²) >= 11 is 0. The number of halogens is 1. The highest BCUT2D eigenvalue weighted by molar-refractivity contribution is 5.94. The van der Waals surface area contributed by atoms with Crippen LogP contribution in [0.1, 0.15) is 16.8 Å². The lowest BCUT2D eigenvalue weighted by Crippen LogP contribution is -2.29. The lowest BCUT2D eigenvalue weighted by atomic mass is 10.1. The van der Waals surface area contributed by atoms with E-state index in [1.165, 1.54) is 5.57 Å². The third kappa shape index (κ3) is 4.58. The van der Waals surface area contributed by atoms with E-state index in [0.717, 1.165) is 19.5 Å². The summed E-state index contributed by atoms with van der Waals surface area (Å²) < 4.78 is 5.10. The van der Waals surface area contributed by atoms with Crippen LogP contribution in [0.15, 0.2) is 35.9 Å². The molecule has 1 aromatic carbocycles. The number of carbonyl (C=O) groups excluding carboxylic acids is 1. The van der Waals surface area contributed by atoms with E-state index in [1.807, 2.05) is 12.1 Å². The molecule has 1 aliphatic rings. The van der Waals surface area contributed by atoms with E-state index in [1.54, 1.807) is 19.2 Å². The van der Waals surface area contributed by atoms with Crippen molar-refractivity contribution in [2.45, 2.75) is 6.42 Å². The average molecular weight is 283 g/mol. The zero-order valence-electron chi connectivity index (χ0n) is 10.9. The van der Waals surface area contributed by atoms with Crippen molar-refractivity contribution in [1.82, 2.24) is 10.6 Å². The lowest BCUT2D eigenvalue weighted by molar-refractivity contribution is 0.0956. The average Bonchev–Trinajstić information content (AvgIpc) is 2.46. The SMILES string of the molecule is COc1cccc(C(=O)NCC2=CCNCC2)c1.Cl. The van der Waals surface area contributed by atoms with E-state index in [0.29, 0.717) is 17.9 Å². The van der Waals surface area contributed by atoms with E-state index in [-0.39, 0.29) is 18.3 Å². The van der Waals surface area contributed by atoms with Gasteiger partial charge in [0.1, 0.15) is 5.75 Å². The summed E-state index contributed by atoms with van der Waals surface area (Å²) in [6.07, 6.45) is 3.13. The minimum atomic E-state index is -0.0617. The standard InChI is InChI=1S/C14H18N2O2.ClH/c1-18-13-4-2-3-12(9-13)14(17)16-10-11-5-7-15-8-6-11;/h2-5,9,15H,6-8,10H2,1H3,(H,16,17);1H. The van der Waals surface area contributed by atoms with Crippen molar-refractivity contribution in [3.63, 3.8) is 0 Å². The number of nitrogens with one attached hydrogen (secondary N) is 2. The molecule has 1 aromatic rings. The molecule has 2 rings (SSSR count). The molecular formula is C14H19ClN2O2. The monoisotopic (exact) mass is 282 g/mol. The molecule has 0 fully saturated rings. The molecule has 0 aromatic heterocycles. The van der Waals surface area contributed by atoms with Gasteiger partial charge in [0.25, 0.3) is 5.91 Å². The number of rotatable bonds is 4. The predicted molar refractivity (Wildman–Crippen MR) is 78.1 cm³/mol. The van der Waals surface area contributed by atoms with E-state index in [9.17, 15) is 4.79 Å². The fourth-order valence-corrected chi connectivity index (χ4v) is 1.89.